The molecule has 2 aromatic rings. The van der Waals surface area contributed by atoms with Crippen LogP contribution in [0.25, 0.3) is 5.69 Å². The molecular weight excluding hydrogens is 362 g/mol. The summed E-state index contributed by atoms with van der Waals surface area (Å²) in [6.45, 7) is 3.83. The fourth-order valence-electron chi connectivity index (χ4n) is 2.90. The summed E-state index contributed by atoms with van der Waals surface area (Å²) in [5.74, 6) is -1.19. The number of imide groups is 1. The third kappa shape index (κ3) is 2.28. The molecule has 0 unspecified atom stereocenters. The van der Waals surface area contributed by atoms with E-state index < -0.39 is 17.4 Å². The van der Waals surface area contributed by atoms with Crippen molar-refractivity contribution in [2.24, 2.45) is 0 Å². The molecule has 118 valence electrons. The molecule has 3 rings (SSSR count). The van der Waals surface area contributed by atoms with E-state index in [9.17, 15) is 14.4 Å². The predicted molar refractivity (Wildman–Crippen MR) is 90.1 cm³/mol. The zero-order valence-corrected chi connectivity index (χ0v) is 14.2. The van der Waals surface area contributed by atoms with Gasteiger partial charge in [0.25, 0.3) is 17.4 Å². The van der Waals surface area contributed by atoms with Crippen molar-refractivity contribution in [2.75, 3.05) is 5.73 Å². The molecule has 1 aromatic carbocycles. The number of aryl methyl sites for hydroxylation is 2. The second-order valence-electron chi connectivity index (χ2n) is 5.36. The Hall–Kier alpha value is -2.41. The molecule has 23 heavy (non-hydrogen) atoms. The van der Waals surface area contributed by atoms with Crippen molar-refractivity contribution in [3.63, 3.8) is 0 Å². The molecule has 0 radical (unpaired) electrons. The number of nitrogens with zero attached hydrogens (tertiary/aromatic N) is 1. The fourth-order valence-corrected chi connectivity index (χ4v) is 3.52. The van der Waals surface area contributed by atoms with Crippen LogP contribution in [0.2, 0.25) is 0 Å². The second-order valence-corrected chi connectivity index (χ2v) is 6.27. The summed E-state index contributed by atoms with van der Waals surface area (Å²) < 4.78 is 2.20. The van der Waals surface area contributed by atoms with Gasteiger partial charge in [0.2, 0.25) is 0 Å². The number of pyridine rings is 1. The Morgan fingerprint density at radius 2 is 1.87 bits per heavy atom. The van der Waals surface area contributed by atoms with Crippen molar-refractivity contribution in [2.45, 2.75) is 20.3 Å². The highest BCUT2D eigenvalue weighted by atomic mass is 79.9. The summed E-state index contributed by atoms with van der Waals surface area (Å²) >= 11 is 3.44. The quantitative estimate of drug-likeness (QED) is 0.784. The minimum atomic E-state index is -0.593. The van der Waals surface area contributed by atoms with Crippen LogP contribution in [-0.4, -0.2) is 16.4 Å². The van der Waals surface area contributed by atoms with Gasteiger partial charge in [-0.2, -0.15) is 0 Å². The van der Waals surface area contributed by atoms with Crippen molar-refractivity contribution in [3.8, 4) is 5.69 Å². The van der Waals surface area contributed by atoms with Gasteiger partial charge in [0.05, 0.1) is 16.8 Å². The van der Waals surface area contributed by atoms with E-state index in [1.165, 1.54) is 4.57 Å². The number of benzene rings is 1. The molecule has 1 aliphatic rings. The van der Waals surface area contributed by atoms with E-state index in [-0.39, 0.29) is 16.9 Å². The number of nitrogen functional groups attached to an aromatic ring is 1. The number of halogens is 1. The molecule has 1 aromatic heterocycles. The third-order valence-electron chi connectivity index (χ3n) is 3.90. The van der Waals surface area contributed by atoms with E-state index in [2.05, 4.69) is 21.2 Å². The van der Waals surface area contributed by atoms with Gasteiger partial charge in [0, 0.05) is 10.5 Å². The van der Waals surface area contributed by atoms with Gasteiger partial charge < -0.3 is 5.73 Å². The molecule has 2 heterocycles. The molecular formula is C16H14BrN3O3. The minimum Gasteiger partial charge on any atom is -0.384 e. The first-order valence-corrected chi connectivity index (χ1v) is 7.85. The van der Waals surface area contributed by atoms with Crippen molar-refractivity contribution >= 4 is 33.6 Å². The molecule has 0 saturated carbocycles. The van der Waals surface area contributed by atoms with E-state index in [4.69, 9.17) is 5.73 Å². The molecule has 1 aliphatic heterocycles. The second kappa shape index (κ2) is 5.34. The number of hydrogen-bond donors (Lipinski definition) is 2. The van der Waals surface area contributed by atoms with Gasteiger partial charge in [-0.05, 0) is 36.6 Å². The number of fused-ring (bicyclic) bond motifs is 1. The number of hydrogen-bond acceptors (Lipinski definition) is 4. The maximum atomic E-state index is 12.5. The monoisotopic (exact) mass is 375 g/mol. The van der Waals surface area contributed by atoms with Crippen molar-refractivity contribution < 1.29 is 9.59 Å². The van der Waals surface area contributed by atoms with Gasteiger partial charge >= 0.3 is 0 Å². The molecule has 0 fully saturated rings. The number of amides is 2. The molecule has 0 aliphatic carbocycles. The zero-order valence-electron chi connectivity index (χ0n) is 12.6. The highest BCUT2D eigenvalue weighted by Crippen LogP contribution is 2.29. The first-order chi connectivity index (χ1) is 10.8. The van der Waals surface area contributed by atoms with Crippen LogP contribution in [0.15, 0.2) is 27.5 Å². The zero-order chi connectivity index (χ0) is 16.9. The van der Waals surface area contributed by atoms with Crippen LogP contribution in [-0.2, 0) is 6.42 Å². The van der Waals surface area contributed by atoms with Gasteiger partial charge in [-0.3, -0.25) is 24.3 Å². The molecule has 0 saturated heterocycles. The van der Waals surface area contributed by atoms with Crippen LogP contribution in [0.5, 0.6) is 0 Å². The number of rotatable bonds is 2. The predicted octanol–water partition coefficient (Wildman–Crippen LogP) is 1.94. The Balaban J connectivity index is 2.41. The summed E-state index contributed by atoms with van der Waals surface area (Å²) in [4.78, 5) is 36.2. The van der Waals surface area contributed by atoms with Crippen LogP contribution in [0.1, 0.15) is 38.8 Å². The van der Waals surface area contributed by atoms with Crippen molar-refractivity contribution in [1.29, 1.82) is 0 Å². The maximum Gasteiger partial charge on any atom is 0.262 e. The Morgan fingerprint density at radius 3 is 2.52 bits per heavy atom. The number of nitrogens with two attached hydrogens (primary N) is 1. The lowest BCUT2D eigenvalue weighted by molar-refractivity contribution is 0.0880. The van der Waals surface area contributed by atoms with E-state index >= 15 is 0 Å². The highest BCUT2D eigenvalue weighted by molar-refractivity contribution is 9.10. The topological polar surface area (TPSA) is 94.2 Å². The summed E-state index contributed by atoms with van der Waals surface area (Å²) in [5, 5.41) is 2.16. The molecule has 7 heteroatoms. The van der Waals surface area contributed by atoms with Gasteiger partial charge in [-0.15, -0.1) is 0 Å². The molecule has 0 spiro atoms. The normalized spacial score (nSPS) is 13.2. The van der Waals surface area contributed by atoms with Crippen LogP contribution in [0.4, 0.5) is 5.82 Å². The lowest BCUT2D eigenvalue weighted by Gasteiger charge is -2.18. The van der Waals surface area contributed by atoms with Crippen LogP contribution in [0, 0.1) is 6.92 Å². The average Bonchev–Trinajstić information content (AvgIpc) is 2.75. The Morgan fingerprint density at radius 1 is 1.17 bits per heavy atom. The number of nitrogens with one attached hydrogen (secondary N) is 1. The van der Waals surface area contributed by atoms with Gasteiger partial charge in [0.1, 0.15) is 5.82 Å². The average molecular weight is 376 g/mol. The standard InChI is InChI=1S/C16H14BrN3O3/c1-3-8-5-9(17)4-7(2)13(8)20-11(21)6-10-12(14(20)18)16(23)19-15(10)22/h4-6H,3,18H2,1-2H3,(H,19,22,23). The fraction of sp³-hybridized carbons (Fsp3) is 0.188. The van der Waals surface area contributed by atoms with Crippen LogP contribution in [0.3, 0.4) is 0 Å². The maximum absolute atomic E-state index is 12.5. The smallest absolute Gasteiger partial charge is 0.262 e. The largest absolute Gasteiger partial charge is 0.384 e. The number of carbonyl (C=O) groups excluding carboxylic acids is 2. The first-order valence-electron chi connectivity index (χ1n) is 7.05. The first kappa shape index (κ1) is 15.5. The van der Waals surface area contributed by atoms with E-state index in [1.54, 1.807) is 0 Å². The van der Waals surface area contributed by atoms with E-state index in [0.29, 0.717) is 12.1 Å². The Bertz CT molecular complexity index is 931. The number of carbonyl (C=O) groups is 2. The Kier molecular flexibility index (Phi) is 3.60. The van der Waals surface area contributed by atoms with Crippen molar-refractivity contribution in [1.82, 2.24) is 9.88 Å². The van der Waals surface area contributed by atoms with Crippen LogP contribution < -0.4 is 16.6 Å². The lowest BCUT2D eigenvalue weighted by atomic mass is 10.0. The number of aromatic nitrogens is 1. The number of anilines is 1. The molecule has 0 bridgehead atoms. The SMILES string of the molecule is CCc1cc(Br)cc(C)c1-n1c(N)c2c(cc1=O)C(=O)NC2=O. The molecule has 2 amide bonds. The highest BCUT2D eigenvalue weighted by Gasteiger charge is 2.32. The van der Waals surface area contributed by atoms with E-state index in [1.807, 2.05) is 26.0 Å². The van der Waals surface area contributed by atoms with Crippen molar-refractivity contribution in [3.05, 3.63) is 55.3 Å². The van der Waals surface area contributed by atoms with E-state index in [0.717, 1.165) is 21.7 Å². The lowest BCUT2D eigenvalue weighted by Crippen LogP contribution is -2.25. The summed E-state index contributed by atoms with van der Waals surface area (Å²) in [6, 6.07) is 4.94. The molecule has 0 atom stereocenters. The third-order valence-corrected chi connectivity index (χ3v) is 4.36. The molecule has 3 N–H and O–H groups in total. The summed E-state index contributed by atoms with van der Waals surface area (Å²) in [6.07, 6.45) is 0.684. The Labute approximate surface area is 140 Å². The van der Waals surface area contributed by atoms with Gasteiger partial charge in [-0.1, -0.05) is 22.9 Å². The minimum absolute atomic E-state index is 0.0176. The van der Waals surface area contributed by atoms with Gasteiger partial charge in [0.15, 0.2) is 0 Å². The van der Waals surface area contributed by atoms with Crippen LogP contribution >= 0.6 is 15.9 Å². The summed E-state index contributed by atoms with van der Waals surface area (Å²) in [5.41, 5.74) is 8.14. The summed E-state index contributed by atoms with van der Waals surface area (Å²) in [7, 11) is 0. The van der Waals surface area contributed by atoms with Gasteiger partial charge in [-0.25, -0.2) is 0 Å². The molecule has 6 nitrogen and oxygen atoms in total.